The summed E-state index contributed by atoms with van der Waals surface area (Å²) >= 11 is 0. The summed E-state index contributed by atoms with van der Waals surface area (Å²) < 4.78 is 0. The standard InChI is InChI=1S/C11H23NO/c1-4-11(6-5-7-11)9-12-8-10(2,3)13/h12-13H,4-9H2,1-3H3. The maximum Gasteiger partial charge on any atom is 0.0715 e. The number of rotatable bonds is 5. The molecule has 0 bridgehead atoms. The lowest BCUT2D eigenvalue weighted by molar-refractivity contribution is 0.0647. The number of nitrogens with one attached hydrogen (secondary N) is 1. The summed E-state index contributed by atoms with van der Waals surface area (Å²) in [5, 5.41) is 12.9. The molecule has 78 valence electrons. The van der Waals surface area contributed by atoms with Crippen molar-refractivity contribution < 1.29 is 5.11 Å². The first-order chi connectivity index (χ1) is 5.97. The van der Waals surface area contributed by atoms with Crippen molar-refractivity contribution >= 4 is 0 Å². The molecule has 1 saturated carbocycles. The SMILES string of the molecule is CCC1(CNCC(C)(C)O)CCC1. The van der Waals surface area contributed by atoms with Gasteiger partial charge in [-0.2, -0.15) is 0 Å². The van der Waals surface area contributed by atoms with Crippen LogP contribution in [0.25, 0.3) is 0 Å². The Morgan fingerprint density at radius 2 is 2.00 bits per heavy atom. The minimum absolute atomic E-state index is 0.561. The Bertz CT molecular complexity index is 150. The molecule has 0 unspecified atom stereocenters. The summed E-state index contributed by atoms with van der Waals surface area (Å²) in [6.07, 6.45) is 5.38. The van der Waals surface area contributed by atoms with Crippen molar-refractivity contribution in [3.63, 3.8) is 0 Å². The predicted molar refractivity (Wildman–Crippen MR) is 55.7 cm³/mol. The number of hydrogen-bond donors (Lipinski definition) is 2. The summed E-state index contributed by atoms with van der Waals surface area (Å²) in [6.45, 7) is 7.74. The van der Waals surface area contributed by atoms with E-state index < -0.39 is 5.60 Å². The van der Waals surface area contributed by atoms with E-state index in [1.54, 1.807) is 0 Å². The van der Waals surface area contributed by atoms with E-state index >= 15 is 0 Å². The van der Waals surface area contributed by atoms with E-state index in [4.69, 9.17) is 0 Å². The zero-order valence-electron chi connectivity index (χ0n) is 9.19. The highest BCUT2D eigenvalue weighted by Gasteiger charge is 2.34. The molecule has 0 radical (unpaired) electrons. The zero-order valence-corrected chi connectivity index (χ0v) is 9.19. The van der Waals surface area contributed by atoms with E-state index in [9.17, 15) is 5.11 Å². The van der Waals surface area contributed by atoms with Crippen LogP contribution in [0.5, 0.6) is 0 Å². The van der Waals surface area contributed by atoms with Gasteiger partial charge >= 0.3 is 0 Å². The average Bonchev–Trinajstić information content (AvgIpc) is 1.92. The van der Waals surface area contributed by atoms with Gasteiger partial charge in [0.05, 0.1) is 5.60 Å². The first-order valence-electron chi connectivity index (χ1n) is 5.41. The monoisotopic (exact) mass is 185 g/mol. The first-order valence-corrected chi connectivity index (χ1v) is 5.41. The molecular formula is C11H23NO. The Hall–Kier alpha value is -0.0800. The molecule has 1 fully saturated rings. The minimum atomic E-state index is -0.571. The molecule has 0 heterocycles. The summed E-state index contributed by atoms with van der Waals surface area (Å²) in [6, 6.07) is 0. The van der Waals surface area contributed by atoms with E-state index in [1.165, 1.54) is 25.7 Å². The van der Waals surface area contributed by atoms with E-state index in [0.717, 1.165) is 6.54 Å². The Morgan fingerprint density at radius 1 is 1.38 bits per heavy atom. The molecule has 1 rings (SSSR count). The van der Waals surface area contributed by atoms with Crippen LogP contribution in [-0.2, 0) is 0 Å². The van der Waals surface area contributed by atoms with Gasteiger partial charge in [-0.25, -0.2) is 0 Å². The maximum atomic E-state index is 9.52. The van der Waals surface area contributed by atoms with Crippen LogP contribution in [0, 0.1) is 5.41 Å². The molecule has 0 aromatic heterocycles. The molecule has 0 aliphatic heterocycles. The second-order valence-electron chi connectivity index (χ2n) is 5.12. The molecule has 13 heavy (non-hydrogen) atoms. The third-order valence-corrected chi connectivity index (χ3v) is 3.22. The van der Waals surface area contributed by atoms with Crippen LogP contribution in [0.1, 0.15) is 46.5 Å². The van der Waals surface area contributed by atoms with Crippen LogP contribution >= 0.6 is 0 Å². The lowest BCUT2D eigenvalue weighted by atomic mass is 9.67. The summed E-state index contributed by atoms with van der Waals surface area (Å²) in [7, 11) is 0. The lowest BCUT2D eigenvalue weighted by Crippen LogP contribution is -2.44. The van der Waals surface area contributed by atoms with Crippen molar-refractivity contribution in [3.8, 4) is 0 Å². The lowest BCUT2D eigenvalue weighted by Gasteiger charge is -2.42. The second kappa shape index (κ2) is 3.97. The molecule has 0 aromatic carbocycles. The van der Waals surface area contributed by atoms with E-state index in [1.807, 2.05) is 13.8 Å². The Labute approximate surface area is 81.7 Å². The van der Waals surface area contributed by atoms with Gasteiger partial charge < -0.3 is 10.4 Å². The Balaban J connectivity index is 2.18. The number of hydrogen-bond acceptors (Lipinski definition) is 2. The highest BCUT2D eigenvalue weighted by Crippen LogP contribution is 2.42. The molecular weight excluding hydrogens is 162 g/mol. The molecule has 0 amide bonds. The van der Waals surface area contributed by atoms with Crippen molar-refractivity contribution in [2.75, 3.05) is 13.1 Å². The highest BCUT2D eigenvalue weighted by molar-refractivity contribution is 4.88. The van der Waals surface area contributed by atoms with Gasteiger partial charge in [0, 0.05) is 13.1 Å². The third kappa shape index (κ3) is 3.28. The van der Waals surface area contributed by atoms with Crippen LogP contribution in [0.4, 0.5) is 0 Å². The quantitative estimate of drug-likeness (QED) is 0.686. The van der Waals surface area contributed by atoms with E-state index in [-0.39, 0.29) is 0 Å². The second-order valence-corrected chi connectivity index (χ2v) is 5.12. The first kappa shape index (κ1) is 11.0. The largest absolute Gasteiger partial charge is 0.389 e. The van der Waals surface area contributed by atoms with Gasteiger partial charge in [0.25, 0.3) is 0 Å². The van der Waals surface area contributed by atoms with Crippen molar-refractivity contribution in [2.45, 2.75) is 52.1 Å². The smallest absolute Gasteiger partial charge is 0.0715 e. The Morgan fingerprint density at radius 3 is 2.31 bits per heavy atom. The zero-order chi connectivity index (χ0) is 9.95. The van der Waals surface area contributed by atoms with Crippen molar-refractivity contribution in [3.05, 3.63) is 0 Å². The van der Waals surface area contributed by atoms with Gasteiger partial charge in [0.2, 0.25) is 0 Å². The van der Waals surface area contributed by atoms with Crippen LogP contribution in [-0.4, -0.2) is 23.8 Å². The van der Waals surface area contributed by atoms with Crippen molar-refractivity contribution in [2.24, 2.45) is 5.41 Å². The fourth-order valence-electron chi connectivity index (χ4n) is 1.97. The van der Waals surface area contributed by atoms with E-state index in [0.29, 0.717) is 12.0 Å². The maximum absolute atomic E-state index is 9.52. The molecule has 0 atom stereocenters. The normalized spacial score (nSPS) is 21.2. The molecule has 0 spiro atoms. The highest BCUT2D eigenvalue weighted by atomic mass is 16.3. The molecule has 2 nitrogen and oxygen atoms in total. The van der Waals surface area contributed by atoms with Gasteiger partial charge in [0.15, 0.2) is 0 Å². The fraction of sp³-hybridized carbons (Fsp3) is 1.00. The summed E-state index contributed by atoms with van der Waals surface area (Å²) in [5.41, 5.74) is -0.00999. The van der Waals surface area contributed by atoms with Gasteiger partial charge in [0.1, 0.15) is 0 Å². The van der Waals surface area contributed by atoms with Gasteiger partial charge in [-0.3, -0.25) is 0 Å². The van der Waals surface area contributed by atoms with Crippen LogP contribution < -0.4 is 5.32 Å². The molecule has 2 N–H and O–H groups in total. The van der Waals surface area contributed by atoms with Crippen LogP contribution in [0.3, 0.4) is 0 Å². The fourth-order valence-corrected chi connectivity index (χ4v) is 1.97. The predicted octanol–water partition coefficient (Wildman–Crippen LogP) is 1.93. The minimum Gasteiger partial charge on any atom is -0.389 e. The van der Waals surface area contributed by atoms with Gasteiger partial charge in [-0.05, 0) is 38.5 Å². The summed E-state index contributed by atoms with van der Waals surface area (Å²) in [5.74, 6) is 0. The number of aliphatic hydroxyl groups is 1. The van der Waals surface area contributed by atoms with E-state index in [2.05, 4.69) is 12.2 Å². The summed E-state index contributed by atoms with van der Waals surface area (Å²) in [4.78, 5) is 0. The van der Waals surface area contributed by atoms with Crippen molar-refractivity contribution in [1.82, 2.24) is 5.32 Å². The topological polar surface area (TPSA) is 32.3 Å². The average molecular weight is 185 g/mol. The van der Waals surface area contributed by atoms with Crippen LogP contribution in [0.15, 0.2) is 0 Å². The van der Waals surface area contributed by atoms with Gasteiger partial charge in [-0.15, -0.1) is 0 Å². The van der Waals surface area contributed by atoms with Gasteiger partial charge in [-0.1, -0.05) is 13.3 Å². The Kier molecular flexibility index (Phi) is 3.36. The molecule has 1 aliphatic carbocycles. The molecule has 1 aliphatic rings. The van der Waals surface area contributed by atoms with Crippen LogP contribution in [0.2, 0.25) is 0 Å². The molecule has 0 aromatic rings. The molecule has 0 saturated heterocycles. The third-order valence-electron chi connectivity index (χ3n) is 3.22. The van der Waals surface area contributed by atoms with Crippen molar-refractivity contribution in [1.29, 1.82) is 0 Å². The molecule has 2 heteroatoms.